The lowest BCUT2D eigenvalue weighted by atomic mass is 9.85. The Morgan fingerprint density at radius 3 is 1.12 bits per heavy atom. The number of hydrogen-bond acceptors (Lipinski definition) is 1. The van der Waals surface area contributed by atoms with Crippen molar-refractivity contribution in [3.05, 3.63) is 218 Å². The van der Waals surface area contributed by atoms with Gasteiger partial charge in [-0.2, -0.15) is 0 Å². The second kappa shape index (κ2) is 13.7. The van der Waals surface area contributed by atoms with Gasteiger partial charge in [0.25, 0.3) is 0 Å². The summed E-state index contributed by atoms with van der Waals surface area (Å²) in [6.45, 7) is 0. The molecule has 0 spiro atoms. The van der Waals surface area contributed by atoms with Gasteiger partial charge in [-0.1, -0.05) is 200 Å². The van der Waals surface area contributed by atoms with Crippen LogP contribution >= 0.6 is 0 Å². The highest BCUT2D eigenvalue weighted by Crippen LogP contribution is 2.46. The van der Waals surface area contributed by atoms with Crippen LogP contribution in [0.5, 0.6) is 0 Å². The van der Waals surface area contributed by atoms with Gasteiger partial charge in [0.05, 0.1) is 0 Å². The molecule has 0 aliphatic heterocycles. The van der Waals surface area contributed by atoms with E-state index in [4.69, 9.17) is 4.42 Å². The summed E-state index contributed by atoms with van der Waals surface area (Å²) >= 11 is 0. The van der Waals surface area contributed by atoms with E-state index in [2.05, 4.69) is 218 Å². The molecule has 1 heterocycles. The molecule has 11 aromatic rings. The molecule has 1 heteroatoms. The quantitative estimate of drug-likeness (QED) is 0.156. The van der Waals surface area contributed by atoms with Gasteiger partial charge in [0.1, 0.15) is 11.2 Å². The van der Waals surface area contributed by atoms with Gasteiger partial charge >= 0.3 is 0 Å². The summed E-state index contributed by atoms with van der Waals surface area (Å²) in [4.78, 5) is 0. The zero-order chi connectivity index (χ0) is 37.7. The van der Waals surface area contributed by atoms with Crippen molar-refractivity contribution in [2.45, 2.75) is 0 Å². The van der Waals surface area contributed by atoms with Crippen molar-refractivity contribution in [1.82, 2.24) is 0 Å². The molecule has 0 unspecified atom stereocenters. The fourth-order valence-corrected chi connectivity index (χ4v) is 8.83. The lowest BCUT2D eigenvalue weighted by Gasteiger charge is -2.19. The largest absolute Gasteiger partial charge is 0.455 e. The first-order valence-corrected chi connectivity index (χ1v) is 19.6. The van der Waals surface area contributed by atoms with Gasteiger partial charge in [-0.15, -0.1) is 0 Å². The molecule has 0 atom stereocenters. The summed E-state index contributed by atoms with van der Waals surface area (Å²) in [5, 5.41) is 7.24. The van der Waals surface area contributed by atoms with Crippen LogP contribution in [-0.4, -0.2) is 0 Å². The molecular formula is C56H36O. The molecular weight excluding hydrogens is 689 g/mol. The topological polar surface area (TPSA) is 13.1 Å². The molecule has 0 radical (unpaired) electrons. The van der Waals surface area contributed by atoms with Crippen molar-refractivity contribution < 1.29 is 4.42 Å². The minimum Gasteiger partial charge on any atom is -0.455 e. The molecule has 0 bridgehead atoms. The second-order valence-corrected chi connectivity index (χ2v) is 14.8. The fourth-order valence-electron chi connectivity index (χ4n) is 8.83. The maximum atomic E-state index is 6.93. The summed E-state index contributed by atoms with van der Waals surface area (Å²) in [5.41, 5.74) is 15.9. The minimum absolute atomic E-state index is 0.903. The second-order valence-electron chi connectivity index (χ2n) is 14.8. The Morgan fingerprint density at radius 1 is 0.211 bits per heavy atom. The van der Waals surface area contributed by atoms with Gasteiger partial charge in [0.2, 0.25) is 0 Å². The molecule has 1 nitrogen and oxygen atoms in total. The Morgan fingerprint density at radius 2 is 0.579 bits per heavy atom. The first-order valence-electron chi connectivity index (χ1n) is 19.6. The zero-order valence-corrected chi connectivity index (χ0v) is 31.2. The number of furan rings is 1. The predicted octanol–water partition coefficient (Wildman–Crippen LogP) is 15.9. The van der Waals surface area contributed by atoms with E-state index < -0.39 is 0 Å². The Labute approximate surface area is 331 Å². The molecule has 10 aromatic carbocycles. The van der Waals surface area contributed by atoms with E-state index in [9.17, 15) is 0 Å². The summed E-state index contributed by atoms with van der Waals surface area (Å²) in [6.07, 6.45) is 0. The first kappa shape index (κ1) is 32.9. The van der Waals surface area contributed by atoms with Crippen LogP contribution in [0, 0.1) is 0 Å². The van der Waals surface area contributed by atoms with Crippen LogP contribution in [0.25, 0.3) is 110 Å². The molecule has 266 valence electrons. The van der Waals surface area contributed by atoms with Crippen LogP contribution in [0.4, 0.5) is 0 Å². The number of benzene rings is 10. The predicted molar refractivity (Wildman–Crippen MR) is 241 cm³/mol. The Bertz CT molecular complexity index is 3270. The molecule has 0 aliphatic rings. The maximum Gasteiger partial charge on any atom is 0.143 e. The molecule has 0 aliphatic carbocycles. The Kier molecular flexibility index (Phi) is 7.89. The van der Waals surface area contributed by atoms with E-state index in [0.29, 0.717) is 0 Å². The van der Waals surface area contributed by atoms with Crippen LogP contribution in [-0.2, 0) is 0 Å². The summed E-state index contributed by atoms with van der Waals surface area (Å²) in [7, 11) is 0. The van der Waals surface area contributed by atoms with E-state index in [1.165, 1.54) is 60.5 Å². The monoisotopic (exact) mass is 724 g/mol. The zero-order valence-electron chi connectivity index (χ0n) is 31.2. The van der Waals surface area contributed by atoms with Crippen molar-refractivity contribution in [3.8, 4) is 66.8 Å². The third kappa shape index (κ3) is 5.63. The van der Waals surface area contributed by atoms with Crippen LogP contribution in [0.1, 0.15) is 0 Å². The first-order chi connectivity index (χ1) is 28.3. The number of fused-ring (bicyclic) bond motifs is 5. The molecule has 11 rings (SSSR count). The highest BCUT2D eigenvalue weighted by molar-refractivity contribution is 6.22. The van der Waals surface area contributed by atoms with Crippen LogP contribution in [0.3, 0.4) is 0 Å². The average Bonchev–Trinajstić information content (AvgIpc) is 3.68. The number of hydrogen-bond donors (Lipinski definition) is 0. The summed E-state index contributed by atoms with van der Waals surface area (Å²) < 4.78 is 6.93. The van der Waals surface area contributed by atoms with E-state index in [1.807, 2.05) is 0 Å². The van der Waals surface area contributed by atoms with Gasteiger partial charge in [-0.05, 0) is 95.4 Å². The lowest BCUT2D eigenvalue weighted by Crippen LogP contribution is -1.91. The smallest absolute Gasteiger partial charge is 0.143 e. The number of rotatable bonds is 6. The van der Waals surface area contributed by atoms with E-state index in [1.54, 1.807) is 0 Å². The third-order valence-electron chi connectivity index (χ3n) is 11.5. The van der Waals surface area contributed by atoms with E-state index >= 15 is 0 Å². The van der Waals surface area contributed by atoms with Crippen molar-refractivity contribution >= 4 is 43.5 Å². The van der Waals surface area contributed by atoms with E-state index in [-0.39, 0.29) is 0 Å². The molecule has 57 heavy (non-hydrogen) atoms. The standard InChI is InChI=1S/C56H36O/c1-4-16-37(17-5-1)40-22-12-24-43(34-40)45-28-14-30-50-51-31-15-29-46(56(51)57-55(45)50)44-25-13-23-41(35-44)42-32-33-49-52(36-42)54(39-20-8-3-9-21-39)48-27-11-10-26-47(48)53(49)38-18-6-2-7-19-38/h1-36H. The molecule has 0 N–H and O–H groups in total. The SMILES string of the molecule is c1ccc(-c2cccc(-c3cccc4c3oc3c(-c5cccc(-c6ccc7c(-c8ccccc8)c8ccccc8c(-c8ccccc8)c7c6)c5)cccc34)c2)cc1. The van der Waals surface area contributed by atoms with Gasteiger partial charge in [-0.3, -0.25) is 0 Å². The molecule has 0 saturated carbocycles. The molecule has 1 aromatic heterocycles. The van der Waals surface area contributed by atoms with Crippen molar-refractivity contribution in [2.24, 2.45) is 0 Å². The van der Waals surface area contributed by atoms with Gasteiger partial charge in [0, 0.05) is 21.9 Å². The summed E-state index contributed by atoms with van der Waals surface area (Å²) in [6, 6.07) is 78.7. The Balaban J connectivity index is 1.07. The van der Waals surface area contributed by atoms with E-state index in [0.717, 1.165) is 49.8 Å². The average molecular weight is 725 g/mol. The molecule has 0 saturated heterocycles. The fraction of sp³-hybridized carbons (Fsp3) is 0. The highest BCUT2D eigenvalue weighted by Gasteiger charge is 2.19. The van der Waals surface area contributed by atoms with Crippen LogP contribution in [0.15, 0.2) is 223 Å². The highest BCUT2D eigenvalue weighted by atomic mass is 16.3. The summed E-state index contributed by atoms with van der Waals surface area (Å²) in [5.74, 6) is 0. The Hall–Kier alpha value is -7.48. The van der Waals surface area contributed by atoms with Crippen LogP contribution in [0.2, 0.25) is 0 Å². The third-order valence-corrected chi connectivity index (χ3v) is 11.5. The van der Waals surface area contributed by atoms with Crippen molar-refractivity contribution in [3.63, 3.8) is 0 Å². The maximum absolute atomic E-state index is 6.93. The van der Waals surface area contributed by atoms with Gasteiger partial charge in [-0.25, -0.2) is 0 Å². The molecule has 0 amide bonds. The minimum atomic E-state index is 0.903. The van der Waals surface area contributed by atoms with Gasteiger partial charge < -0.3 is 4.42 Å². The van der Waals surface area contributed by atoms with Crippen molar-refractivity contribution in [2.75, 3.05) is 0 Å². The lowest BCUT2D eigenvalue weighted by molar-refractivity contribution is 0.671. The normalized spacial score (nSPS) is 11.5. The number of para-hydroxylation sites is 2. The van der Waals surface area contributed by atoms with Crippen LogP contribution < -0.4 is 0 Å². The molecule has 0 fully saturated rings. The van der Waals surface area contributed by atoms with Gasteiger partial charge in [0.15, 0.2) is 0 Å². The van der Waals surface area contributed by atoms with Crippen molar-refractivity contribution in [1.29, 1.82) is 0 Å².